The van der Waals surface area contributed by atoms with Crippen LogP contribution in [0.5, 0.6) is 0 Å². The van der Waals surface area contributed by atoms with E-state index in [2.05, 4.69) is 5.32 Å². The molecule has 0 aromatic heterocycles. The number of benzene rings is 2. The van der Waals surface area contributed by atoms with E-state index in [1.54, 1.807) is 12.3 Å². The first-order valence-corrected chi connectivity index (χ1v) is 6.26. The van der Waals surface area contributed by atoms with Crippen molar-refractivity contribution in [3.05, 3.63) is 77.5 Å². The maximum Gasteiger partial charge on any atom is 0.187 e. The van der Waals surface area contributed by atoms with E-state index in [1.807, 2.05) is 62.4 Å². The lowest BCUT2D eigenvalue weighted by Crippen LogP contribution is -1.97. The first kappa shape index (κ1) is 13.1. The number of aryl methyl sites for hydroxylation is 2. The van der Waals surface area contributed by atoms with Gasteiger partial charge in [0.05, 0.1) is 0 Å². The van der Waals surface area contributed by atoms with Crippen LogP contribution >= 0.6 is 0 Å². The number of carbonyl (C=O) groups is 1. The minimum atomic E-state index is 0.00100. The standard InChI is InChI=1S/C17H17NO/c1-13-7-9-15(10-8-13)17(19)11-12-18-16-6-4-3-5-14(16)2/h3-12,18H,1-2H3/b12-11+. The van der Waals surface area contributed by atoms with Crippen molar-refractivity contribution in [2.45, 2.75) is 13.8 Å². The van der Waals surface area contributed by atoms with Crippen LogP contribution in [0.2, 0.25) is 0 Å². The third-order valence-corrected chi connectivity index (χ3v) is 2.95. The summed E-state index contributed by atoms with van der Waals surface area (Å²) >= 11 is 0. The summed E-state index contributed by atoms with van der Waals surface area (Å²) in [7, 11) is 0. The molecule has 0 amide bonds. The summed E-state index contributed by atoms with van der Waals surface area (Å²) in [4.78, 5) is 11.9. The fraction of sp³-hybridized carbons (Fsp3) is 0.118. The Bertz CT molecular complexity index is 597. The van der Waals surface area contributed by atoms with Gasteiger partial charge >= 0.3 is 0 Å². The van der Waals surface area contributed by atoms with E-state index in [9.17, 15) is 4.79 Å². The van der Waals surface area contributed by atoms with Crippen LogP contribution in [0.3, 0.4) is 0 Å². The van der Waals surface area contributed by atoms with Gasteiger partial charge in [-0.1, -0.05) is 48.0 Å². The van der Waals surface area contributed by atoms with E-state index in [0.717, 1.165) is 16.8 Å². The highest BCUT2D eigenvalue weighted by molar-refractivity contribution is 6.04. The second kappa shape index (κ2) is 6.01. The lowest BCUT2D eigenvalue weighted by Gasteiger charge is -2.04. The van der Waals surface area contributed by atoms with Gasteiger partial charge < -0.3 is 5.32 Å². The Morgan fingerprint density at radius 1 is 1.00 bits per heavy atom. The number of para-hydroxylation sites is 1. The minimum Gasteiger partial charge on any atom is -0.361 e. The number of hydrogen-bond donors (Lipinski definition) is 1. The molecule has 0 radical (unpaired) electrons. The van der Waals surface area contributed by atoms with Crippen molar-refractivity contribution in [3.63, 3.8) is 0 Å². The van der Waals surface area contributed by atoms with E-state index in [4.69, 9.17) is 0 Å². The Morgan fingerprint density at radius 3 is 2.37 bits per heavy atom. The molecule has 2 nitrogen and oxygen atoms in total. The van der Waals surface area contributed by atoms with Gasteiger partial charge in [-0.25, -0.2) is 0 Å². The third-order valence-electron chi connectivity index (χ3n) is 2.95. The molecule has 0 fully saturated rings. The maximum absolute atomic E-state index is 11.9. The highest BCUT2D eigenvalue weighted by Crippen LogP contribution is 2.13. The van der Waals surface area contributed by atoms with Gasteiger partial charge in [-0.05, 0) is 25.5 Å². The molecule has 0 saturated carbocycles. The second-order valence-corrected chi connectivity index (χ2v) is 4.52. The average molecular weight is 251 g/mol. The van der Waals surface area contributed by atoms with Crippen LogP contribution in [0.1, 0.15) is 21.5 Å². The van der Waals surface area contributed by atoms with Gasteiger partial charge in [-0.2, -0.15) is 0 Å². The number of nitrogens with one attached hydrogen (secondary N) is 1. The molecule has 2 heteroatoms. The molecule has 2 aromatic rings. The van der Waals surface area contributed by atoms with Crippen LogP contribution in [0.4, 0.5) is 5.69 Å². The topological polar surface area (TPSA) is 29.1 Å². The van der Waals surface area contributed by atoms with Gasteiger partial charge in [0, 0.05) is 23.5 Å². The first-order valence-electron chi connectivity index (χ1n) is 6.26. The fourth-order valence-corrected chi connectivity index (χ4v) is 1.76. The van der Waals surface area contributed by atoms with Crippen molar-refractivity contribution in [3.8, 4) is 0 Å². The molecular formula is C17H17NO. The number of hydrogen-bond acceptors (Lipinski definition) is 2. The van der Waals surface area contributed by atoms with Crippen LogP contribution in [-0.2, 0) is 0 Å². The van der Waals surface area contributed by atoms with Gasteiger partial charge in [0.1, 0.15) is 0 Å². The summed E-state index contributed by atoms with van der Waals surface area (Å²) in [5.41, 5.74) is 4.01. The van der Waals surface area contributed by atoms with Crippen molar-refractivity contribution in [1.82, 2.24) is 0 Å². The van der Waals surface area contributed by atoms with Crippen LogP contribution in [0.15, 0.2) is 60.8 Å². The molecule has 0 saturated heterocycles. The van der Waals surface area contributed by atoms with Crippen molar-refractivity contribution < 1.29 is 4.79 Å². The summed E-state index contributed by atoms with van der Waals surface area (Å²) in [5, 5.41) is 3.12. The SMILES string of the molecule is Cc1ccc(C(=O)/C=C/Nc2ccccc2C)cc1. The summed E-state index contributed by atoms with van der Waals surface area (Å²) in [6, 6.07) is 15.5. The molecule has 2 rings (SSSR count). The zero-order valence-electron chi connectivity index (χ0n) is 11.2. The predicted molar refractivity (Wildman–Crippen MR) is 79.5 cm³/mol. The quantitative estimate of drug-likeness (QED) is 0.654. The Hall–Kier alpha value is -2.35. The third kappa shape index (κ3) is 3.55. The Balaban J connectivity index is 2.01. The van der Waals surface area contributed by atoms with Gasteiger partial charge in [0.15, 0.2) is 5.78 Å². The molecule has 1 N–H and O–H groups in total. The van der Waals surface area contributed by atoms with Crippen LogP contribution in [0.25, 0.3) is 0 Å². The molecular weight excluding hydrogens is 234 g/mol. The molecule has 2 aromatic carbocycles. The summed E-state index contributed by atoms with van der Waals surface area (Å²) in [6.45, 7) is 4.03. The molecule has 0 heterocycles. The van der Waals surface area contributed by atoms with E-state index in [0.29, 0.717) is 5.56 Å². The predicted octanol–water partition coefficient (Wildman–Crippen LogP) is 4.11. The van der Waals surface area contributed by atoms with E-state index < -0.39 is 0 Å². The molecule has 0 atom stereocenters. The smallest absolute Gasteiger partial charge is 0.187 e. The lowest BCUT2D eigenvalue weighted by molar-refractivity contribution is 0.104. The lowest BCUT2D eigenvalue weighted by atomic mass is 10.1. The Labute approximate surface area is 113 Å². The molecule has 0 aliphatic carbocycles. The average Bonchev–Trinajstić information content (AvgIpc) is 2.41. The highest BCUT2D eigenvalue weighted by atomic mass is 16.1. The van der Waals surface area contributed by atoms with Crippen molar-refractivity contribution in [2.24, 2.45) is 0 Å². The zero-order valence-corrected chi connectivity index (χ0v) is 11.2. The van der Waals surface area contributed by atoms with E-state index in [1.165, 1.54) is 0 Å². The van der Waals surface area contributed by atoms with Crippen molar-refractivity contribution in [2.75, 3.05) is 5.32 Å². The van der Waals surface area contributed by atoms with Crippen LogP contribution in [-0.4, -0.2) is 5.78 Å². The Morgan fingerprint density at radius 2 is 1.68 bits per heavy atom. The summed E-state index contributed by atoms with van der Waals surface area (Å²) in [5.74, 6) is 0.00100. The van der Waals surface area contributed by atoms with Gasteiger partial charge in [-0.15, -0.1) is 0 Å². The minimum absolute atomic E-state index is 0.00100. The number of carbonyl (C=O) groups excluding carboxylic acids is 1. The monoisotopic (exact) mass is 251 g/mol. The van der Waals surface area contributed by atoms with E-state index in [-0.39, 0.29) is 5.78 Å². The molecule has 0 aliphatic rings. The number of anilines is 1. The van der Waals surface area contributed by atoms with Gasteiger partial charge in [0.2, 0.25) is 0 Å². The number of ketones is 1. The summed E-state index contributed by atoms with van der Waals surface area (Å²) < 4.78 is 0. The van der Waals surface area contributed by atoms with Gasteiger partial charge in [0.25, 0.3) is 0 Å². The van der Waals surface area contributed by atoms with Crippen LogP contribution < -0.4 is 5.32 Å². The first-order chi connectivity index (χ1) is 9.16. The molecule has 96 valence electrons. The van der Waals surface area contributed by atoms with E-state index >= 15 is 0 Å². The highest BCUT2D eigenvalue weighted by Gasteiger charge is 2.00. The maximum atomic E-state index is 11.9. The molecule has 0 spiro atoms. The number of allylic oxidation sites excluding steroid dienone is 1. The van der Waals surface area contributed by atoms with Crippen molar-refractivity contribution in [1.29, 1.82) is 0 Å². The molecule has 0 bridgehead atoms. The van der Waals surface area contributed by atoms with Crippen molar-refractivity contribution >= 4 is 11.5 Å². The molecule has 19 heavy (non-hydrogen) atoms. The normalized spacial score (nSPS) is 10.6. The van der Waals surface area contributed by atoms with Crippen LogP contribution in [0, 0.1) is 13.8 Å². The fourth-order valence-electron chi connectivity index (χ4n) is 1.76. The largest absolute Gasteiger partial charge is 0.361 e. The zero-order chi connectivity index (χ0) is 13.7. The second-order valence-electron chi connectivity index (χ2n) is 4.52. The number of rotatable bonds is 4. The summed E-state index contributed by atoms with van der Waals surface area (Å²) in [6.07, 6.45) is 3.24. The molecule has 0 aliphatic heterocycles. The van der Waals surface area contributed by atoms with Gasteiger partial charge in [-0.3, -0.25) is 4.79 Å². The Kier molecular flexibility index (Phi) is 4.14. The molecule has 0 unspecified atom stereocenters.